The second-order valence-corrected chi connectivity index (χ2v) is 19.4. The number of hydrogen-bond acceptors (Lipinski definition) is 31. The first-order valence-corrected chi connectivity index (χ1v) is 25.1. The highest BCUT2D eigenvalue weighted by molar-refractivity contribution is 5.73. The molecule has 0 bridgehead atoms. The summed E-state index contributed by atoms with van der Waals surface area (Å²) >= 11 is 0. The van der Waals surface area contributed by atoms with Gasteiger partial charge in [-0.1, -0.05) is 5.11 Å². The third-order valence-corrected chi connectivity index (χ3v) is 14.1. The summed E-state index contributed by atoms with van der Waals surface area (Å²) in [6.07, 6.45) is -51.5. The maximum atomic E-state index is 12.8. The highest BCUT2D eigenvalue weighted by Gasteiger charge is 2.58. The number of nitrogens with one attached hydrogen (secondary N) is 1. The number of unbranched alkanes of at least 4 members (excludes halogenated alkanes) is 2. The molecule has 6 rings (SSSR count). The van der Waals surface area contributed by atoms with Crippen molar-refractivity contribution >= 4 is 5.91 Å². The molecule has 6 aliphatic rings. The second kappa shape index (κ2) is 29.0. The summed E-state index contributed by atoms with van der Waals surface area (Å²) in [4.78, 5) is 15.5. The fourth-order valence-electron chi connectivity index (χ4n) is 9.70. The van der Waals surface area contributed by atoms with Crippen LogP contribution >= 0.6 is 0 Å². The molecule has 0 spiro atoms. The lowest BCUT2D eigenvalue weighted by Crippen LogP contribution is -2.70. The number of ether oxygens (including phenoxy) is 12. The average molecular weight is 1130 g/mol. The third-order valence-electron chi connectivity index (χ3n) is 14.1. The fraction of sp³-hybridized carbons (Fsp3) is 0.977. The minimum atomic E-state index is -2.22. The number of aliphatic hydroxyl groups is 16. The molecule has 34 heteroatoms. The van der Waals surface area contributed by atoms with Crippen molar-refractivity contribution in [1.29, 1.82) is 0 Å². The lowest BCUT2D eigenvalue weighted by Gasteiger charge is -2.51. The van der Waals surface area contributed by atoms with Gasteiger partial charge in [-0.15, -0.1) is 0 Å². The van der Waals surface area contributed by atoms with Gasteiger partial charge in [0.05, 0.1) is 45.2 Å². The molecule has 77 heavy (non-hydrogen) atoms. The van der Waals surface area contributed by atoms with Gasteiger partial charge in [0.25, 0.3) is 0 Å². The fourth-order valence-corrected chi connectivity index (χ4v) is 9.70. The van der Waals surface area contributed by atoms with Crippen LogP contribution in [0.3, 0.4) is 0 Å². The molecule has 6 saturated heterocycles. The van der Waals surface area contributed by atoms with Crippen LogP contribution in [0.25, 0.3) is 10.4 Å². The summed E-state index contributed by atoms with van der Waals surface area (Å²) in [5, 5.41) is 180. The van der Waals surface area contributed by atoms with Gasteiger partial charge in [0, 0.05) is 18.4 Å². The highest BCUT2D eigenvalue weighted by atomic mass is 16.8. The van der Waals surface area contributed by atoms with Gasteiger partial charge in [-0.2, -0.15) is 0 Å². The van der Waals surface area contributed by atoms with Crippen molar-refractivity contribution in [3.8, 4) is 0 Å². The average Bonchev–Trinajstić information content (AvgIpc) is 3.41. The summed E-state index contributed by atoms with van der Waals surface area (Å²) < 4.78 is 69.5. The van der Waals surface area contributed by atoms with Crippen molar-refractivity contribution < 1.29 is 143 Å². The van der Waals surface area contributed by atoms with Crippen molar-refractivity contribution in [3.05, 3.63) is 10.4 Å². The quantitative estimate of drug-likeness (QED) is 0.0195. The maximum absolute atomic E-state index is 12.8. The van der Waals surface area contributed by atoms with Gasteiger partial charge in [-0.05, 0) is 38.3 Å². The number of carbonyl (C=O) groups excluding carboxylic acids is 1. The molecule has 6 aliphatic heterocycles. The Morgan fingerprint density at radius 3 is 1.55 bits per heavy atom. The van der Waals surface area contributed by atoms with E-state index in [9.17, 15) is 86.5 Å². The number of nitrogens with zero attached hydrogens (tertiary/aromatic N) is 3. The van der Waals surface area contributed by atoms with Gasteiger partial charge >= 0.3 is 0 Å². The Labute approximate surface area is 438 Å². The summed E-state index contributed by atoms with van der Waals surface area (Å²) in [5.41, 5.74) is 14.6. The zero-order chi connectivity index (χ0) is 56.6. The molecule has 446 valence electrons. The van der Waals surface area contributed by atoms with Crippen LogP contribution in [-0.2, 0) is 61.6 Å². The summed E-state index contributed by atoms with van der Waals surface area (Å²) in [6.45, 7) is -1.63. The van der Waals surface area contributed by atoms with E-state index in [4.69, 9.17) is 68.1 Å². The molecule has 0 aromatic carbocycles. The predicted molar refractivity (Wildman–Crippen MR) is 243 cm³/mol. The number of aliphatic hydroxyl groups excluding tert-OH is 16. The molecule has 6 heterocycles. The van der Waals surface area contributed by atoms with Crippen LogP contribution in [-0.4, -0.2) is 318 Å². The van der Waals surface area contributed by atoms with Crippen molar-refractivity contribution in [2.45, 2.75) is 217 Å². The number of carbonyl (C=O) groups is 1. The Hall–Kier alpha value is -2.38. The third kappa shape index (κ3) is 14.6. The van der Waals surface area contributed by atoms with Gasteiger partial charge < -0.3 is 150 Å². The molecule has 34 nitrogen and oxygen atoms in total. The lowest BCUT2D eigenvalue weighted by atomic mass is 9.94. The minimum absolute atomic E-state index is 0.0936. The molecular formula is C43H75N5O29. The highest BCUT2D eigenvalue weighted by Crippen LogP contribution is 2.37. The zero-order valence-electron chi connectivity index (χ0n) is 41.8. The van der Waals surface area contributed by atoms with E-state index >= 15 is 0 Å². The minimum Gasteiger partial charge on any atom is -0.394 e. The topological polar surface area (TPSA) is 538 Å². The van der Waals surface area contributed by atoms with Gasteiger partial charge in [0.2, 0.25) is 5.91 Å². The SMILES string of the molecule is CC(=O)NC1[C@H](O[C@@H]2C(O)[C@@H](O[C@H]3C(CO)O[C@@H](O[C@@H]4C(CN=[N+]=[N-])O[C@@H](OCCCCCN)C(O)[C@H]4O)C(O)[C@H]3O)OC(CO)[C@@H]2O)OC(CO)[C@H](O)[C@@H]1O[C@@H]1OC(CO)[C@H](O)[C@H](O)C1O[C@@H]1OC(C)[C@@H](O)[C@H](O)C1O. The van der Waals surface area contributed by atoms with Crippen molar-refractivity contribution in [1.82, 2.24) is 5.32 Å². The van der Waals surface area contributed by atoms with E-state index in [1.54, 1.807) is 0 Å². The first kappa shape index (κ1) is 63.8. The number of nitrogens with two attached hydrogens (primary N) is 1. The largest absolute Gasteiger partial charge is 0.394 e. The van der Waals surface area contributed by atoms with E-state index in [2.05, 4.69) is 15.3 Å². The molecule has 6 fully saturated rings. The zero-order valence-corrected chi connectivity index (χ0v) is 41.8. The Bertz CT molecular complexity index is 1860. The number of azide groups is 1. The monoisotopic (exact) mass is 1130 g/mol. The summed E-state index contributed by atoms with van der Waals surface area (Å²) in [5.74, 6) is -0.864. The molecule has 0 aliphatic carbocycles. The van der Waals surface area contributed by atoms with Crippen LogP contribution in [0.4, 0.5) is 0 Å². The smallest absolute Gasteiger partial charge is 0.217 e. The van der Waals surface area contributed by atoms with Crippen LogP contribution in [0.1, 0.15) is 33.1 Å². The Balaban J connectivity index is 1.20. The van der Waals surface area contributed by atoms with Crippen molar-refractivity contribution in [2.24, 2.45) is 10.8 Å². The Morgan fingerprint density at radius 2 is 0.948 bits per heavy atom. The molecule has 0 radical (unpaired) electrons. The van der Waals surface area contributed by atoms with E-state index < -0.39 is 223 Å². The van der Waals surface area contributed by atoms with E-state index in [-0.39, 0.29) is 6.61 Å². The van der Waals surface area contributed by atoms with Crippen LogP contribution in [0.15, 0.2) is 5.11 Å². The number of hydrogen-bond donors (Lipinski definition) is 18. The Kier molecular flexibility index (Phi) is 24.1. The maximum Gasteiger partial charge on any atom is 0.217 e. The van der Waals surface area contributed by atoms with Crippen LogP contribution < -0.4 is 11.1 Å². The van der Waals surface area contributed by atoms with E-state index in [0.717, 1.165) is 6.92 Å². The normalized spacial score (nSPS) is 47.7. The molecule has 1 amide bonds. The molecule has 12 unspecified atom stereocenters. The van der Waals surface area contributed by atoms with E-state index in [0.29, 0.717) is 25.8 Å². The molecule has 0 saturated carbocycles. The van der Waals surface area contributed by atoms with Crippen LogP contribution in [0.5, 0.6) is 0 Å². The van der Waals surface area contributed by atoms with Crippen molar-refractivity contribution in [3.63, 3.8) is 0 Å². The van der Waals surface area contributed by atoms with Crippen LogP contribution in [0, 0.1) is 0 Å². The van der Waals surface area contributed by atoms with Crippen molar-refractivity contribution in [2.75, 3.05) is 46.1 Å². The number of rotatable bonds is 23. The van der Waals surface area contributed by atoms with Crippen LogP contribution in [0.2, 0.25) is 0 Å². The first-order chi connectivity index (χ1) is 36.7. The van der Waals surface area contributed by atoms with Gasteiger partial charge in [-0.3, -0.25) is 4.79 Å². The van der Waals surface area contributed by atoms with Gasteiger partial charge in [0.15, 0.2) is 37.7 Å². The lowest BCUT2D eigenvalue weighted by molar-refractivity contribution is -0.393. The van der Waals surface area contributed by atoms with E-state index in [1.165, 1.54) is 6.92 Å². The first-order valence-electron chi connectivity index (χ1n) is 25.1. The van der Waals surface area contributed by atoms with E-state index in [1.807, 2.05) is 0 Å². The predicted octanol–water partition coefficient (Wildman–Crippen LogP) is -10.5. The summed E-state index contributed by atoms with van der Waals surface area (Å²) in [6, 6.07) is -1.79. The molecule has 19 N–H and O–H groups in total. The summed E-state index contributed by atoms with van der Waals surface area (Å²) in [7, 11) is 0. The standard InChI is InChI=1S/C43H75N5O29/c1-13-21(54)25(58)29(62)40(67-13)77-37-26(59)22(55)16(9-49)71-43(37)75-35-20(47-14(2)53)38(69-17(10-50)23(35)56)76-36-24(57)18(11-51)70-42(32(36)65)74-34-19(12-52)72-41(31(64)28(34)61)73-33-15(8-46-48-45)68-39(30(63)27(33)60)66-7-5-3-4-6-44/h13,15-43,49-52,54-65H,3-12,44H2,1-2H3,(H,47,53)/t13?,15?,16?,17?,18?,19?,20?,21-,22+,23+,24+,25+,26+,27-,28-,29?,30?,31?,32?,33-,34+,35-,36+,37?,38+,39-,40+,41+,42-,43+/m1/s1. The molecule has 0 aromatic rings. The molecule has 30 atom stereocenters. The second-order valence-electron chi connectivity index (χ2n) is 19.4. The molecular weight excluding hydrogens is 1050 g/mol. The Morgan fingerprint density at radius 1 is 0.494 bits per heavy atom. The van der Waals surface area contributed by atoms with Gasteiger partial charge in [-0.25, -0.2) is 0 Å². The molecule has 0 aromatic heterocycles. The van der Waals surface area contributed by atoms with Gasteiger partial charge in [0.1, 0.15) is 134 Å². The number of amides is 1.